The van der Waals surface area contributed by atoms with Gasteiger partial charge in [0.05, 0.1) is 17.7 Å². The van der Waals surface area contributed by atoms with E-state index in [1.54, 1.807) is 61.7 Å². The van der Waals surface area contributed by atoms with Gasteiger partial charge in [0.25, 0.3) is 10.0 Å². The van der Waals surface area contributed by atoms with E-state index in [0.717, 1.165) is 0 Å². The molecule has 0 aliphatic carbocycles. The zero-order valence-electron chi connectivity index (χ0n) is 11.5. The van der Waals surface area contributed by atoms with Crippen molar-refractivity contribution in [1.82, 2.24) is 0 Å². The summed E-state index contributed by atoms with van der Waals surface area (Å²) < 4.78 is 31.7. The molecule has 2 aromatic rings. The molecule has 0 aliphatic heterocycles. The van der Waals surface area contributed by atoms with Gasteiger partial charge < -0.3 is 4.74 Å². The Balaban J connectivity index is 2.41. The second kappa shape index (κ2) is 5.96. The molecule has 4 nitrogen and oxygen atoms in total. The van der Waals surface area contributed by atoms with Crippen molar-refractivity contribution in [2.24, 2.45) is 0 Å². The van der Waals surface area contributed by atoms with Gasteiger partial charge in [0.15, 0.2) is 0 Å². The van der Waals surface area contributed by atoms with E-state index < -0.39 is 10.0 Å². The minimum Gasteiger partial charge on any atom is -0.497 e. The van der Waals surface area contributed by atoms with Crippen LogP contribution in [0.3, 0.4) is 0 Å². The van der Waals surface area contributed by atoms with Crippen LogP contribution in [-0.4, -0.2) is 22.1 Å². The summed E-state index contributed by atoms with van der Waals surface area (Å²) in [5.41, 5.74) is 0.622. The number of benzene rings is 2. The lowest BCUT2D eigenvalue weighted by molar-refractivity contribution is 0.415. The topological polar surface area (TPSA) is 46.6 Å². The van der Waals surface area contributed by atoms with Gasteiger partial charge in [-0.2, -0.15) is 0 Å². The first-order valence-corrected chi connectivity index (χ1v) is 7.75. The Morgan fingerprint density at radius 2 is 1.60 bits per heavy atom. The van der Waals surface area contributed by atoms with Gasteiger partial charge in [-0.3, -0.25) is 4.31 Å². The number of hydrogen-bond acceptors (Lipinski definition) is 3. The predicted octanol–water partition coefficient (Wildman–Crippen LogP) is 2.91. The van der Waals surface area contributed by atoms with Gasteiger partial charge in [-0.05, 0) is 43.3 Å². The van der Waals surface area contributed by atoms with Gasteiger partial charge in [-0.15, -0.1) is 0 Å². The van der Waals surface area contributed by atoms with Crippen molar-refractivity contribution in [2.45, 2.75) is 11.8 Å². The normalized spacial score (nSPS) is 11.1. The van der Waals surface area contributed by atoms with Crippen LogP contribution in [0.1, 0.15) is 6.92 Å². The Morgan fingerprint density at radius 1 is 1.00 bits per heavy atom. The molecule has 5 heteroatoms. The van der Waals surface area contributed by atoms with E-state index in [1.807, 2.05) is 6.92 Å². The summed E-state index contributed by atoms with van der Waals surface area (Å²) in [6.45, 7) is 2.17. The van der Waals surface area contributed by atoms with E-state index in [4.69, 9.17) is 4.74 Å². The van der Waals surface area contributed by atoms with Gasteiger partial charge in [-0.25, -0.2) is 8.42 Å². The summed E-state index contributed by atoms with van der Waals surface area (Å²) in [5.74, 6) is 0.696. The maximum absolute atomic E-state index is 12.6. The number of sulfonamides is 1. The zero-order valence-corrected chi connectivity index (χ0v) is 12.3. The van der Waals surface area contributed by atoms with Gasteiger partial charge in [0.2, 0.25) is 0 Å². The van der Waals surface area contributed by atoms with Crippen LogP contribution in [0.2, 0.25) is 0 Å². The molecule has 0 amide bonds. The van der Waals surface area contributed by atoms with Crippen molar-refractivity contribution in [3.8, 4) is 5.75 Å². The molecule has 0 heterocycles. The Hall–Kier alpha value is -2.01. The minimum absolute atomic E-state index is 0.290. The molecule has 0 saturated heterocycles. The molecule has 20 heavy (non-hydrogen) atoms. The molecule has 0 radical (unpaired) electrons. The molecule has 2 aromatic carbocycles. The van der Waals surface area contributed by atoms with Crippen molar-refractivity contribution in [3.63, 3.8) is 0 Å². The quantitative estimate of drug-likeness (QED) is 0.851. The number of rotatable bonds is 5. The van der Waals surface area contributed by atoms with Gasteiger partial charge in [0, 0.05) is 6.54 Å². The molecule has 0 bridgehead atoms. The second-order valence-corrected chi connectivity index (χ2v) is 6.04. The molecule has 0 atom stereocenters. The molecular formula is C15H17NO3S. The molecule has 0 saturated carbocycles. The van der Waals surface area contributed by atoms with E-state index >= 15 is 0 Å². The standard InChI is InChI=1S/C15H17NO3S/c1-3-16(13-9-11-14(19-2)12-10-13)20(17,18)15-7-5-4-6-8-15/h4-12H,3H2,1-2H3. The third kappa shape index (κ3) is 2.77. The van der Waals surface area contributed by atoms with Crippen LogP contribution in [0.25, 0.3) is 0 Å². The van der Waals surface area contributed by atoms with Crippen molar-refractivity contribution >= 4 is 15.7 Å². The van der Waals surface area contributed by atoms with Crippen LogP contribution in [0.4, 0.5) is 5.69 Å². The second-order valence-electron chi connectivity index (χ2n) is 4.18. The van der Waals surface area contributed by atoms with Crippen LogP contribution in [-0.2, 0) is 10.0 Å². The highest BCUT2D eigenvalue weighted by Gasteiger charge is 2.23. The third-order valence-electron chi connectivity index (χ3n) is 2.98. The number of ether oxygens (including phenoxy) is 1. The fourth-order valence-corrected chi connectivity index (χ4v) is 3.45. The Morgan fingerprint density at radius 3 is 2.10 bits per heavy atom. The summed E-state index contributed by atoms with van der Waals surface area (Å²) in [6.07, 6.45) is 0. The molecular weight excluding hydrogens is 274 g/mol. The lowest BCUT2D eigenvalue weighted by atomic mass is 10.3. The van der Waals surface area contributed by atoms with Crippen molar-refractivity contribution in [2.75, 3.05) is 18.0 Å². The third-order valence-corrected chi connectivity index (χ3v) is 4.90. The lowest BCUT2D eigenvalue weighted by Crippen LogP contribution is -2.30. The van der Waals surface area contributed by atoms with Gasteiger partial charge in [-0.1, -0.05) is 18.2 Å². The average molecular weight is 291 g/mol. The Labute approximate surface area is 119 Å². The number of anilines is 1. The largest absolute Gasteiger partial charge is 0.497 e. The molecule has 0 unspecified atom stereocenters. The summed E-state index contributed by atoms with van der Waals surface area (Å²) in [5, 5.41) is 0. The van der Waals surface area contributed by atoms with Gasteiger partial charge >= 0.3 is 0 Å². The molecule has 0 aliphatic rings. The predicted molar refractivity (Wildman–Crippen MR) is 79.6 cm³/mol. The first-order valence-electron chi connectivity index (χ1n) is 6.31. The smallest absolute Gasteiger partial charge is 0.264 e. The van der Waals surface area contributed by atoms with E-state index in [2.05, 4.69) is 0 Å². The molecule has 0 N–H and O–H groups in total. The summed E-state index contributed by atoms with van der Waals surface area (Å²) >= 11 is 0. The number of nitrogens with zero attached hydrogens (tertiary/aromatic N) is 1. The Kier molecular flexibility index (Phi) is 4.29. The van der Waals surface area contributed by atoms with Crippen molar-refractivity contribution < 1.29 is 13.2 Å². The minimum atomic E-state index is -3.53. The summed E-state index contributed by atoms with van der Waals surface area (Å²) in [4.78, 5) is 0.290. The monoisotopic (exact) mass is 291 g/mol. The molecule has 0 fully saturated rings. The molecule has 106 valence electrons. The first-order chi connectivity index (χ1) is 9.59. The van der Waals surface area contributed by atoms with Crippen LogP contribution >= 0.6 is 0 Å². The van der Waals surface area contributed by atoms with Crippen LogP contribution in [0.5, 0.6) is 5.75 Å². The zero-order chi connectivity index (χ0) is 14.6. The van der Waals surface area contributed by atoms with Crippen molar-refractivity contribution in [3.05, 3.63) is 54.6 Å². The van der Waals surface area contributed by atoms with Crippen LogP contribution in [0, 0.1) is 0 Å². The first kappa shape index (κ1) is 14.4. The molecule has 0 aromatic heterocycles. The summed E-state index contributed by atoms with van der Waals surface area (Å²) in [7, 11) is -1.95. The van der Waals surface area contributed by atoms with E-state index in [-0.39, 0.29) is 4.90 Å². The van der Waals surface area contributed by atoms with E-state index in [9.17, 15) is 8.42 Å². The highest BCUT2D eigenvalue weighted by Crippen LogP contribution is 2.25. The highest BCUT2D eigenvalue weighted by molar-refractivity contribution is 7.92. The maximum atomic E-state index is 12.6. The molecule has 2 rings (SSSR count). The fraction of sp³-hybridized carbons (Fsp3) is 0.200. The Bertz CT molecular complexity index is 651. The van der Waals surface area contributed by atoms with Crippen molar-refractivity contribution in [1.29, 1.82) is 0 Å². The summed E-state index contributed by atoms with van der Waals surface area (Å²) in [6, 6.07) is 15.4. The fourth-order valence-electron chi connectivity index (χ4n) is 1.96. The van der Waals surface area contributed by atoms with Crippen LogP contribution in [0.15, 0.2) is 59.5 Å². The van der Waals surface area contributed by atoms with E-state index in [1.165, 1.54) is 4.31 Å². The van der Waals surface area contributed by atoms with Gasteiger partial charge in [0.1, 0.15) is 5.75 Å². The average Bonchev–Trinajstić information content (AvgIpc) is 2.49. The number of hydrogen-bond donors (Lipinski definition) is 0. The SMILES string of the molecule is CCN(c1ccc(OC)cc1)S(=O)(=O)c1ccccc1. The lowest BCUT2D eigenvalue weighted by Gasteiger charge is -2.23. The highest BCUT2D eigenvalue weighted by atomic mass is 32.2. The number of methoxy groups -OCH3 is 1. The van der Waals surface area contributed by atoms with E-state index in [0.29, 0.717) is 18.0 Å². The molecule has 0 spiro atoms. The van der Waals surface area contributed by atoms with Crippen LogP contribution < -0.4 is 9.04 Å². The maximum Gasteiger partial charge on any atom is 0.264 e.